The molecule has 1 nitrogen and oxygen atoms in total. The van der Waals surface area contributed by atoms with Gasteiger partial charge < -0.3 is 5.73 Å². The molecular weight excluding hydrogens is 62.1 g/mol. The molecule has 0 atom stereocenters. The zero-order chi connectivity index (χ0) is 3.70. The third kappa shape index (κ3) is 0.428. The minimum absolute atomic E-state index is 0.509. The molecule has 1 rings (SSSR count). The molecule has 0 unspecified atom stereocenters. The lowest BCUT2D eigenvalue weighted by atomic mass is 9.95. The Hall–Kier alpha value is -0.0400. The van der Waals surface area contributed by atoms with Crippen LogP contribution < -0.4 is 5.73 Å². The van der Waals surface area contributed by atoms with Gasteiger partial charge in [0.05, 0.1) is 0 Å². The van der Waals surface area contributed by atoms with Gasteiger partial charge in [-0.2, -0.15) is 0 Å². The second kappa shape index (κ2) is 0.977. The van der Waals surface area contributed by atoms with E-state index >= 15 is 0 Å². The predicted octanol–water partition coefficient (Wildman–Crippen LogP) is 0.312. The van der Waals surface area contributed by atoms with E-state index in [0.29, 0.717) is 6.04 Å². The topological polar surface area (TPSA) is 26.0 Å². The summed E-state index contributed by atoms with van der Waals surface area (Å²) in [4.78, 5) is 0. The first-order chi connectivity index (χ1) is 2.39. The highest BCUT2D eigenvalue weighted by Crippen LogP contribution is 2.12. The van der Waals surface area contributed by atoms with Crippen LogP contribution in [0.25, 0.3) is 0 Å². The number of hydrogen-bond donors (Lipinski definition) is 1. The molecule has 1 aliphatic rings. The van der Waals surface area contributed by atoms with Crippen molar-refractivity contribution in [3.05, 3.63) is 6.42 Å². The molecule has 29 valence electrons. The lowest BCUT2D eigenvalue weighted by Crippen LogP contribution is -2.27. The first kappa shape index (κ1) is 3.16. The number of hydrogen-bond acceptors (Lipinski definition) is 1. The van der Waals surface area contributed by atoms with Gasteiger partial charge in [0.2, 0.25) is 0 Å². The molecule has 1 heteroatoms. The maximum Gasteiger partial charge on any atom is 0.00443 e. The first-order valence-corrected chi connectivity index (χ1v) is 1.97. The van der Waals surface area contributed by atoms with Gasteiger partial charge >= 0.3 is 0 Å². The Balaban J connectivity index is 2.08. The van der Waals surface area contributed by atoms with E-state index in [-0.39, 0.29) is 0 Å². The molecule has 0 amide bonds. The van der Waals surface area contributed by atoms with Gasteiger partial charge in [0.1, 0.15) is 0 Å². The monoisotopic (exact) mass is 70.1 g/mol. The summed E-state index contributed by atoms with van der Waals surface area (Å²) in [6, 6.07) is 0.509. The Morgan fingerprint density at radius 1 is 1.60 bits per heavy atom. The Morgan fingerprint density at radius 2 is 2.00 bits per heavy atom. The second-order valence-corrected chi connectivity index (χ2v) is 1.52. The van der Waals surface area contributed by atoms with Crippen molar-refractivity contribution in [1.82, 2.24) is 0 Å². The average molecular weight is 70.1 g/mol. The van der Waals surface area contributed by atoms with Crippen LogP contribution in [0.15, 0.2) is 0 Å². The molecule has 1 fully saturated rings. The molecule has 0 aromatic rings. The molecule has 0 heterocycles. The van der Waals surface area contributed by atoms with Crippen molar-refractivity contribution in [1.29, 1.82) is 0 Å². The van der Waals surface area contributed by atoms with Gasteiger partial charge in [-0.15, -0.1) is 0 Å². The van der Waals surface area contributed by atoms with Gasteiger partial charge in [-0.05, 0) is 19.3 Å². The van der Waals surface area contributed by atoms with E-state index in [1.165, 1.54) is 0 Å². The van der Waals surface area contributed by atoms with Gasteiger partial charge in [-0.1, -0.05) is 0 Å². The molecule has 1 radical (unpaired) electrons. The smallest absolute Gasteiger partial charge is 0.00443 e. The lowest BCUT2D eigenvalue weighted by molar-refractivity contribution is 0.533. The van der Waals surface area contributed by atoms with E-state index in [1.807, 2.05) is 0 Å². The highest BCUT2D eigenvalue weighted by Gasteiger charge is 2.10. The maximum atomic E-state index is 5.35. The zero-order valence-corrected chi connectivity index (χ0v) is 3.15. The summed E-state index contributed by atoms with van der Waals surface area (Å²) in [7, 11) is 0. The van der Waals surface area contributed by atoms with Crippen molar-refractivity contribution < 1.29 is 0 Å². The van der Waals surface area contributed by atoms with Crippen LogP contribution in [0.5, 0.6) is 0 Å². The van der Waals surface area contributed by atoms with E-state index in [1.54, 1.807) is 0 Å². The van der Waals surface area contributed by atoms with Crippen LogP contribution in [0.1, 0.15) is 12.8 Å². The van der Waals surface area contributed by atoms with Crippen molar-refractivity contribution in [3.63, 3.8) is 0 Å². The van der Waals surface area contributed by atoms with Gasteiger partial charge in [0, 0.05) is 6.04 Å². The molecule has 2 N–H and O–H groups in total. The van der Waals surface area contributed by atoms with E-state index in [0.717, 1.165) is 12.8 Å². The number of nitrogens with two attached hydrogens (primary N) is 1. The summed E-state index contributed by atoms with van der Waals surface area (Å²) in [5.74, 6) is 0. The molecule has 1 saturated carbocycles. The van der Waals surface area contributed by atoms with Gasteiger partial charge in [0.15, 0.2) is 0 Å². The molecule has 0 saturated heterocycles. The van der Waals surface area contributed by atoms with Gasteiger partial charge in [-0.3, -0.25) is 0 Å². The Morgan fingerprint density at radius 3 is 2.00 bits per heavy atom. The summed E-state index contributed by atoms with van der Waals surface area (Å²) in [5.41, 5.74) is 5.35. The fourth-order valence-electron chi connectivity index (χ4n) is 0.359. The molecular formula is C4H8N. The summed E-state index contributed by atoms with van der Waals surface area (Å²) >= 11 is 0. The van der Waals surface area contributed by atoms with Crippen LogP contribution in [0.3, 0.4) is 0 Å². The minimum atomic E-state index is 0.509. The second-order valence-electron chi connectivity index (χ2n) is 1.52. The van der Waals surface area contributed by atoms with Crippen LogP contribution in [0.4, 0.5) is 0 Å². The van der Waals surface area contributed by atoms with Crippen molar-refractivity contribution in [2.75, 3.05) is 0 Å². The summed E-state index contributed by atoms with van der Waals surface area (Å²) < 4.78 is 0. The van der Waals surface area contributed by atoms with Gasteiger partial charge in [-0.25, -0.2) is 0 Å². The first-order valence-electron chi connectivity index (χ1n) is 1.97. The highest BCUT2D eigenvalue weighted by atomic mass is 14.6. The fraction of sp³-hybridized carbons (Fsp3) is 0.750. The summed E-state index contributed by atoms with van der Waals surface area (Å²) in [6.07, 6.45) is 4.48. The standard InChI is InChI=1S/C4H8N/c5-4-2-1-3-4/h1,4H,2-3,5H2. The Bertz CT molecular complexity index is 30.6. The van der Waals surface area contributed by atoms with E-state index in [9.17, 15) is 0 Å². The van der Waals surface area contributed by atoms with Gasteiger partial charge in [0.25, 0.3) is 0 Å². The largest absolute Gasteiger partial charge is 0.328 e. The molecule has 0 aromatic heterocycles. The molecule has 5 heavy (non-hydrogen) atoms. The van der Waals surface area contributed by atoms with Crippen molar-refractivity contribution in [2.45, 2.75) is 18.9 Å². The van der Waals surface area contributed by atoms with Crippen LogP contribution >= 0.6 is 0 Å². The van der Waals surface area contributed by atoms with Crippen LogP contribution in [-0.4, -0.2) is 6.04 Å². The Kier molecular flexibility index (Phi) is 0.618. The zero-order valence-electron chi connectivity index (χ0n) is 3.15. The lowest BCUT2D eigenvalue weighted by Gasteiger charge is -2.18. The number of rotatable bonds is 0. The maximum absolute atomic E-state index is 5.35. The molecule has 0 aromatic carbocycles. The predicted molar refractivity (Wildman–Crippen MR) is 21.5 cm³/mol. The highest BCUT2D eigenvalue weighted by molar-refractivity contribution is 4.87. The molecule has 1 aliphatic carbocycles. The van der Waals surface area contributed by atoms with Crippen molar-refractivity contribution in [2.24, 2.45) is 5.73 Å². The average Bonchev–Trinajstić information content (AvgIpc) is 1.30. The SMILES string of the molecule is NC1C[CH]C1. The van der Waals surface area contributed by atoms with Crippen molar-refractivity contribution in [3.8, 4) is 0 Å². The van der Waals surface area contributed by atoms with E-state index in [2.05, 4.69) is 6.42 Å². The summed E-state index contributed by atoms with van der Waals surface area (Å²) in [5, 5.41) is 0. The van der Waals surface area contributed by atoms with Crippen LogP contribution in [0.2, 0.25) is 0 Å². The van der Waals surface area contributed by atoms with Crippen molar-refractivity contribution >= 4 is 0 Å². The van der Waals surface area contributed by atoms with E-state index in [4.69, 9.17) is 5.73 Å². The normalized spacial score (nSPS) is 25.8. The molecule has 0 spiro atoms. The molecule has 0 aliphatic heterocycles. The third-order valence-corrected chi connectivity index (χ3v) is 0.939. The van der Waals surface area contributed by atoms with Crippen LogP contribution in [0, 0.1) is 6.42 Å². The quantitative estimate of drug-likeness (QED) is 0.436. The Labute approximate surface area is 32.2 Å². The molecule has 0 bridgehead atoms. The third-order valence-electron chi connectivity index (χ3n) is 0.939. The van der Waals surface area contributed by atoms with Crippen LogP contribution in [-0.2, 0) is 0 Å². The van der Waals surface area contributed by atoms with E-state index < -0.39 is 0 Å². The fourth-order valence-corrected chi connectivity index (χ4v) is 0.359. The minimum Gasteiger partial charge on any atom is -0.328 e. The summed E-state index contributed by atoms with van der Waals surface area (Å²) in [6.45, 7) is 0.